The number of hydrogen-bond acceptors (Lipinski definition) is 2. The molecule has 0 radical (unpaired) electrons. The maximum Gasteiger partial charge on any atom is 0.0169 e. The molecule has 0 bridgehead atoms. The minimum atomic E-state index is 0.217. The molecule has 1 heterocycles. The van der Waals surface area contributed by atoms with Crippen LogP contribution in [0.1, 0.15) is 61.8 Å². The van der Waals surface area contributed by atoms with E-state index in [0.29, 0.717) is 17.4 Å². The molecule has 1 aliphatic rings. The Bertz CT molecular complexity index is 330. The van der Waals surface area contributed by atoms with E-state index in [-0.39, 0.29) is 5.54 Å². The highest BCUT2D eigenvalue weighted by molar-refractivity contribution is 5.14. The predicted molar refractivity (Wildman–Crippen MR) is 90.1 cm³/mol. The van der Waals surface area contributed by atoms with Crippen molar-refractivity contribution < 1.29 is 0 Å². The zero-order chi connectivity index (χ0) is 15.6. The van der Waals surface area contributed by atoms with Crippen molar-refractivity contribution in [1.29, 1.82) is 0 Å². The average molecular weight is 281 g/mol. The Morgan fingerprint density at radius 1 is 1.15 bits per heavy atom. The van der Waals surface area contributed by atoms with Crippen LogP contribution in [0.2, 0.25) is 0 Å². The Kier molecular flexibility index (Phi) is 5.86. The maximum absolute atomic E-state index is 3.63. The first kappa shape index (κ1) is 17.7. The molecule has 20 heavy (non-hydrogen) atoms. The van der Waals surface area contributed by atoms with Crippen LogP contribution in [0.15, 0.2) is 11.6 Å². The van der Waals surface area contributed by atoms with E-state index in [2.05, 4.69) is 71.7 Å². The van der Waals surface area contributed by atoms with Gasteiger partial charge in [0.05, 0.1) is 0 Å². The standard InChI is InChI=1S/C18H36N2/c1-14(13-19-18(6,7)8)15(2)20-11-9-16(10-12-20)17(3,4)5/h9,14-15,19H,10-13H2,1-8H3. The second kappa shape index (κ2) is 6.62. The Morgan fingerprint density at radius 2 is 1.75 bits per heavy atom. The van der Waals surface area contributed by atoms with Crippen molar-refractivity contribution in [3.63, 3.8) is 0 Å². The summed E-state index contributed by atoms with van der Waals surface area (Å²) in [6.45, 7) is 21.9. The molecule has 2 nitrogen and oxygen atoms in total. The average Bonchev–Trinajstić information content (AvgIpc) is 2.33. The van der Waals surface area contributed by atoms with Crippen LogP contribution in [-0.4, -0.2) is 36.1 Å². The first-order valence-electron chi connectivity index (χ1n) is 8.19. The van der Waals surface area contributed by atoms with Gasteiger partial charge in [0.2, 0.25) is 0 Å². The van der Waals surface area contributed by atoms with Crippen LogP contribution >= 0.6 is 0 Å². The summed E-state index contributed by atoms with van der Waals surface area (Å²) in [6.07, 6.45) is 3.69. The van der Waals surface area contributed by atoms with Crippen LogP contribution in [0.5, 0.6) is 0 Å². The largest absolute Gasteiger partial charge is 0.312 e. The summed E-state index contributed by atoms with van der Waals surface area (Å²) >= 11 is 0. The van der Waals surface area contributed by atoms with E-state index in [9.17, 15) is 0 Å². The normalized spacial score (nSPS) is 21.5. The summed E-state index contributed by atoms with van der Waals surface area (Å²) in [5.41, 5.74) is 2.19. The van der Waals surface area contributed by atoms with Gasteiger partial charge in [0.25, 0.3) is 0 Å². The van der Waals surface area contributed by atoms with Crippen molar-refractivity contribution in [2.75, 3.05) is 19.6 Å². The first-order chi connectivity index (χ1) is 9.00. The highest BCUT2D eigenvalue weighted by Gasteiger charge is 2.26. The molecule has 2 heteroatoms. The third-order valence-electron chi connectivity index (χ3n) is 4.56. The van der Waals surface area contributed by atoms with Crippen LogP contribution in [0.25, 0.3) is 0 Å². The molecule has 1 rings (SSSR count). The molecule has 0 saturated carbocycles. The van der Waals surface area contributed by atoms with Crippen molar-refractivity contribution in [3.8, 4) is 0 Å². The molecule has 0 aromatic heterocycles. The highest BCUT2D eigenvalue weighted by Crippen LogP contribution is 2.31. The van der Waals surface area contributed by atoms with Crippen LogP contribution < -0.4 is 5.32 Å². The van der Waals surface area contributed by atoms with Gasteiger partial charge in [0.1, 0.15) is 0 Å². The fourth-order valence-electron chi connectivity index (χ4n) is 2.73. The molecule has 2 unspecified atom stereocenters. The summed E-state index contributed by atoms with van der Waals surface area (Å²) in [5, 5.41) is 3.63. The van der Waals surface area contributed by atoms with E-state index in [1.807, 2.05) is 0 Å². The van der Waals surface area contributed by atoms with E-state index in [4.69, 9.17) is 0 Å². The summed E-state index contributed by atoms with van der Waals surface area (Å²) in [6, 6.07) is 0.641. The molecule has 118 valence electrons. The van der Waals surface area contributed by atoms with Gasteiger partial charge in [-0.25, -0.2) is 0 Å². The Labute approximate surface area is 127 Å². The molecule has 0 amide bonds. The molecule has 0 spiro atoms. The van der Waals surface area contributed by atoms with Gasteiger partial charge in [-0.2, -0.15) is 0 Å². The van der Waals surface area contributed by atoms with Crippen molar-refractivity contribution >= 4 is 0 Å². The lowest BCUT2D eigenvalue weighted by molar-refractivity contribution is 0.161. The van der Waals surface area contributed by atoms with Crippen LogP contribution in [-0.2, 0) is 0 Å². The lowest BCUT2D eigenvalue weighted by Crippen LogP contribution is -2.46. The van der Waals surface area contributed by atoms with Crippen LogP contribution in [0.4, 0.5) is 0 Å². The number of nitrogens with zero attached hydrogens (tertiary/aromatic N) is 1. The third kappa shape index (κ3) is 5.57. The van der Waals surface area contributed by atoms with Crippen molar-refractivity contribution in [2.24, 2.45) is 11.3 Å². The molecule has 1 N–H and O–H groups in total. The Morgan fingerprint density at radius 3 is 2.15 bits per heavy atom. The lowest BCUT2D eigenvalue weighted by atomic mass is 9.82. The summed E-state index contributed by atoms with van der Waals surface area (Å²) in [4.78, 5) is 2.63. The third-order valence-corrected chi connectivity index (χ3v) is 4.56. The molecule has 0 saturated heterocycles. The topological polar surface area (TPSA) is 15.3 Å². The monoisotopic (exact) mass is 280 g/mol. The fourth-order valence-corrected chi connectivity index (χ4v) is 2.73. The van der Waals surface area contributed by atoms with Gasteiger partial charge < -0.3 is 5.32 Å². The van der Waals surface area contributed by atoms with Gasteiger partial charge in [0.15, 0.2) is 0 Å². The van der Waals surface area contributed by atoms with Gasteiger partial charge in [-0.3, -0.25) is 4.90 Å². The molecule has 0 aromatic rings. The second-order valence-electron chi connectivity index (χ2n) is 8.57. The summed E-state index contributed by atoms with van der Waals surface area (Å²) in [7, 11) is 0. The second-order valence-corrected chi connectivity index (χ2v) is 8.57. The molecule has 0 aromatic carbocycles. The smallest absolute Gasteiger partial charge is 0.0169 e. The summed E-state index contributed by atoms with van der Waals surface area (Å²) < 4.78 is 0. The molecule has 0 aliphatic carbocycles. The molecule has 2 atom stereocenters. The van der Waals surface area contributed by atoms with Crippen LogP contribution in [0, 0.1) is 11.3 Å². The lowest BCUT2D eigenvalue weighted by Gasteiger charge is -2.38. The van der Waals surface area contributed by atoms with E-state index >= 15 is 0 Å². The molecule has 1 aliphatic heterocycles. The van der Waals surface area contributed by atoms with E-state index in [1.165, 1.54) is 13.0 Å². The van der Waals surface area contributed by atoms with Gasteiger partial charge >= 0.3 is 0 Å². The van der Waals surface area contributed by atoms with Crippen molar-refractivity contribution in [3.05, 3.63) is 11.6 Å². The van der Waals surface area contributed by atoms with Gasteiger partial charge in [0, 0.05) is 24.7 Å². The maximum atomic E-state index is 3.63. The van der Waals surface area contributed by atoms with Crippen molar-refractivity contribution in [1.82, 2.24) is 10.2 Å². The minimum absolute atomic E-state index is 0.217. The summed E-state index contributed by atoms with van der Waals surface area (Å²) in [5.74, 6) is 0.679. The Hall–Kier alpha value is -0.340. The quantitative estimate of drug-likeness (QED) is 0.781. The van der Waals surface area contributed by atoms with E-state index in [0.717, 1.165) is 13.1 Å². The molecular weight excluding hydrogens is 244 g/mol. The number of nitrogens with one attached hydrogen (secondary N) is 1. The Balaban J connectivity index is 2.50. The molecule has 0 fully saturated rings. The predicted octanol–water partition coefficient (Wildman–Crippen LogP) is 4.08. The van der Waals surface area contributed by atoms with Crippen molar-refractivity contribution in [2.45, 2.75) is 73.4 Å². The van der Waals surface area contributed by atoms with Crippen LogP contribution in [0.3, 0.4) is 0 Å². The SMILES string of the molecule is CC(CNC(C)(C)C)C(C)N1CC=C(C(C)(C)C)CC1. The zero-order valence-electron chi connectivity index (χ0n) is 15.0. The number of rotatable bonds is 4. The minimum Gasteiger partial charge on any atom is -0.312 e. The zero-order valence-corrected chi connectivity index (χ0v) is 15.0. The van der Waals surface area contributed by atoms with Gasteiger partial charge in [-0.1, -0.05) is 39.3 Å². The highest BCUT2D eigenvalue weighted by atomic mass is 15.2. The molecular formula is C18H36N2. The van der Waals surface area contributed by atoms with Gasteiger partial charge in [-0.15, -0.1) is 0 Å². The fraction of sp³-hybridized carbons (Fsp3) is 0.889. The first-order valence-corrected chi connectivity index (χ1v) is 8.19. The van der Waals surface area contributed by atoms with Gasteiger partial charge in [-0.05, 0) is 52.0 Å². The van der Waals surface area contributed by atoms with E-state index < -0.39 is 0 Å². The number of hydrogen-bond donors (Lipinski definition) is 1. The van der Waals surface area contributed by atoms with E-state index in [1.54, 1.807) is 5.57 Å².